The topological polar surface area (TPSA) is 66.5 Å². The van der Waals surface area contributed by atoms with Gasteiger partial charge in [-0.3, -0.25) is 4.79 Å². The summed E-state index contributed by atoms with van der Waals surface area (Å²) >= 11 is 7.00. The average molecular weight is 387 g/mol. The van der Waals surface area contributed by atoms with Crippen LogP contribution in [0.2, 0.25) is 4.34 Å². The van der Waals surface area contributed by atoms with Gasteiger partial charge in [-0.15, -0.1) is 11.3 Å². The van der Waals surface area contributed by atoms with Crippen LogP contribution >= 0.6 is 22.9 Å². The van der Waals surface area contributed by atoms with Crippen molar-refractivity contribution >= 4 is 44.6 Å². The summed E-state index contributed by atoms with van der Waals surface area (Å²) < 4.78 is 27.4. The normalized spacial score (nSPS) is 11.7. The third kappa shape index (κ3) is 3.97. The third-order valence-electron chi connectivity index (χ3n) is 3.57. The van der Waals surface area contributed by atoms with E-state index < -0.39 is 10.0 Å². The van der Waals surface area contributed by atoms with E-state index in [0.29, 0.717) is 33.6 Å². The molecule has 0 aliphatic heterocycles. The first-order valence-electron chi connectivity index (χ1n) is 7.47. The van der Waals surface area contributed by atoms with E-state index in [4.69, 9.17) is 11.6 Å². The van der Waals surface area contributed by atoms with Gasteiger partial charge in [0.05, 0.1) is 14.1 Å². The number of rotatable bonds is 6. The molecule has 0 aliphatic carbocycles. The number of hydrogen-bond acceptors (Lipinski definition) is 4. The Morgan fingerprint density at radius 2 is 1.88 bits per heavy atom. The van der Waals surface area contributed by atoms with Crippen LogP contribution in [0.4, 0.5) is 5.69 Å². The number of halogens is 1. The Morgan fingerprint density at radius 1 is 1.21 bits per heavy atom. The molecule has 0 radical (unpaired) electrons. The second kappa shape index (κ2) is 7.65. The van der Waals surface area contributed by atoms with E-state index in [1.54, 1.807) is 45.0 Å². The number of nitrogens with one attached hydrogen (secondary N) is 1. The number of benzene rings is 1. The molecule has 0 atom stereocenters. The predicted molar refractivity (Wildman–Crippen MR) is 98.6 cm³/mol. The molecule has 0 spiro atoms. The Labute approximate surface area is 151 Å². The molecular weight excluding hydrogens is 368 g/mol. The highest BCUT2D eigenvalue weighted by Crippen LogP contribution is 2.26. The molecular formula is C16H19ClN2O3S2. The summed E-state index contributed by atoms with van der Waals surface area (Å²) in [5, 5.41) is 2.72. The molecule has 2 aromatic rings. The van der Waals surface area contributed by atoms with Crippen molar-refractivity contribution in [1.29, 1.82) is 0 Å². The number of sulfonamides is 1. The fourth-order valence-corrected chi connectivity index (χ4v) is 4.93. The van der Waals surface area contributed by atoms with Crippen LogP contribution in [0, 0.1) is 6.92 Å². The Morgan fingerprint density at radius 3 is 2.42 bits per heavy atom. The summed E-state index contributed by atoms with van der Waals surface area (Å²) in [6.07, 6.45) is 0. The molecule has 1 amide bonds. The van der Waals surface area contributed by atoms with Crippen LogP contribution in [-0.2, 0) is 10.0 Å². The molecule has 0 fully saturated rings. The van der Waals surface area contributed by atoms with Crippen LogP contribution in [0.3, 0.4) is 0 Å². The van der Waals surface area contributed by atoms with E-state index in [9.17, 15) is 13.2 Å². The summed E-state index contributed by atoms with van der Waals surface area (Å²) in [6, 6.07) is 8.14. The number of hydrogen-bond donors (Lipinski definition) is 1. The van der Waals surface area contributed by atoms with E-state index >= 15 is 0 Å². The number of aryl methyl sites for hydroxylation is 1. The second-order valence-electron chi connectivity index (χ2n) is 5.13. The SMILES string of the molecule is CCN(CC)S(=O)(=O)c1cc(NC(=O)c2ccc(Cl)s2)ccc1C. The van der Waals surface area contributed by atoms with E-state index in [1.807, 2.05) is 0 Å². The van der Waals surface area contributed by atoms with Crippen LogP contribution < -0.4 is 5.32 Å². The molecule has 1 heterocycles. The molecule has 1 N–H and O–H groups in total. The van der Waals surface area contributed by atoms with E-state index in [-0.39, 0.29) is 10.8 Å². The minimum absolute atomic E-state index is 0.202. The maximum Gasteiger partial charge on any atom is 0.265 e. The summed E-state index contributed by atoms with van der Waals surface area (Å²) in [4.78, 5) is 12.9. The van der Waals surface area contributed by atoms with Crippen molar-refractivity contribution in [3.05, 3.63) is 45.1 Å². The third-order valence-corrected chi connectivity index (χ3v) is 6.99. The van der Waals surface area contributed by atoms with Crippen molar-refractivity contribution in [3.8, 4) is 0 Å². The summed E-state index contributed by atoms with van der Waals surface area (Å²) in [5.74, 6) is -0.318. The number of thiophene rings is 1. The molecule has 0 aliphatic rings. The second-order valence-corrected chi connectivity index (χ2v) is 8.75. The van der Waals surface area contributed by atoms with Crippen molar-refractivity contribution in [2.75, 3.05) is 18.4 Å². The fraction of sp³-hybridized carbons (Fsp3) is 0.312. The zero-order valence-electron chi connectivity index (χ0n) is 13.7. The van der Waals surface area contributed by atoms with Gasteiger partial charge in [-0.25, -0.2) is 8.42 Å². The molecule has 0 saturated carbocycles. The Bertz CT molecular complexity index is 843. The van der Waals surface area contributed by atoms with Gasteiger partial charge < -0.3 is 5.32 Å². The lowest BCUT2D eigenvalue weighted by molar-refractivity contribution is 0.103. The van der Waals surface area contributed by atoms with Crippen LogP contribution in [0.25, 0.3) is 0 Å². The maximum absolute atomic E-state index is 12.7. The van der Waals surface area contributed by atoms with Gasteiger partial charge in [0.2, 0.25) is 10.0 Å². The van der Waals surface area contributed by atoms with Gasteiger partial charge in [-0.05, 0) is 36.8 Å². The minimum Gasteiger partial charge on any atom is -0.321 e. The monoisotopic (exact) mass is 386 g/mol. The van der Waals surface area contributed by atoms with Crippen molar-refractivity contribution in [3.63, 3.8) is 0 Å². The van der Waals surface area contributed by atoms with Crippen molar-refractivity contribution in [2.24, 2.45) is 0 Å². The molecule has 130 valence electrons. The van der Waals surface area contributed by atoms with Gasteiger partial charge >= 0.3 is 0 Å². The Hall–Kier alpha value is -1.41. The lowest BCUT2D eigenvalue weighted by Gasteiger charge is -2.20. The first-order valence-corrected chi connectivity index (χ1v) is 10.1. The smallest absolute Gasteiger partial charge is 0.265 e. The lowest BCUT2D eigenvalue weighted by Crippen LogP contribution is -2.31. The summed E-state index contributed by atoms with van der Waals surface area (Å²) in [5.41, 5.74) is 1.07. The number of carbonyl (C=O) groups excluding carboxylic acids is 1. The lowest BCUT2D eigenvalue weighted by atomic mass is 10.2. The number of nitrogens with zero attached hydrogens (tertiary/aromatic N) is 1. The van der Waals surface area contributed by atoms with E-state index in [0.717, 1.165) is 0 Å². The van der Waals surface area contributed by atoms with E-state index in [1.165, 1.54) is 21.7 Å². The molecule has 0 saturated heterocycles. The molecule has 1 aromatic heterocycles. The van der Waals surface area contributed by atoms with Gasteiger partial charge in [0.1, 0.15) is 0 Å². The Kier molecular flexibility index (Phi) is 6.03. The van der Waals surface area contributed by atoms with Crippen LogP contribution in [-0.4, -0.2) is 31.7 Å². The average Bonchev–Trinajstić information content (AvgIpc) is 2.96. The summed E-state index contributed by atoms with van der Waals surface area (Å²) in [7, 11) is -3.59. The van der Waals surface area contributed by atoms with Gasteiger partial charge in [0.25, 0.3) is 5.91 Å². The van der Waals surface area contributed by atoms with E-state index in [2.05, 4.69) is 5.32 Å². The summed E-state index contributed by atoms with van der Waals surface area (Å²) in [6.45, 7) is 6.11. The van der Waals surface area contributed by atoms with Crippen molar-refractivity contribution in [2.45, 2.75) is 25.7 Å². The van der Waals surface area contributed by atoms with Crippen molar-refractivity contribution in [1.82, 2.24) is 4.31 Å². The maximum atomic E-state index is 12.7. The number of amides is 1. The number of anilines is 1. The highest BCUT2D eigenvalue weighted by molar-refractivity contribution is 7.89. The molecule has 2 rings (SSSR count). The Balaban J connectivity index is 2.33. The zero-order valence-corrected chi connectivity index (χ0v) is 16.1. The molecule has 8 heteroatoms. The van der Waals surface area contributed by atoms with Crippen LogP contribution in [0.5, 0.6) is 0 Å². The predicted octanol–water partition coefficient (Wildman–Crippen LogP) is 3.99. The highest BCUT2D eigenvalue weighted by atomic mass is 35.5. The van der Waals surface area contributed by atoms with Gasteiger partial charge in [0, 0.05) is 18.8 Å². The first-order chi connectivity index (χ1) is 11.3. The standard InChI is InChI=1S/C16H19ClN2O3S2/c1-4-19(5-2)24(21,22)14-10-12(7-6-11(14)3)18-16(20)13-8-9-15(17)23-13/h6-10H,4-5H2,1-3H3,(H,18,20). The van der Waals surface area contributed by atoms with Crippen LogP contribution in [0.15, 0.2) is 35.2 Å². The quantitative estimate of drug-likeness (QED) is 0.816. The fourth-order valence-electron chi connectivity index (χ4n) is 2.29. The zero-order chi connectivity index (χ0) is 17.9. The van der Waals surface area contributed by atoms with Crippen molar-refractivity contribution < 1.29 is 13.2 Å². The van der Waals surface area contributed by atoms with Gasteiger partial charge in [-0.2, -0.15) is 4.31 Å². The molecule has 0 unspecified atom stereocenters. The molecule has 5 nitrogen and oxygen atoms in total. The first kappa shape index (κ1) is 18.9. The van der Waals surface area contributed by atoms with Crippen LogP contribution in [0.1, 0.15) is 29.1 Å². The highest BCUT2D eigenvalue weighted by Gasteiger charge is 2.24. The largest absolute Gasteiger partial charge is 0.321 e. The molecule has 0 bridgehead atoms. The molecule has 24 heavy (non-hydrogen) atoms. The number of carbonyl (C=O) groups is 1. The molecule has 1 aromatic carbocycles. The minimum atomic E-state index is -3.59. The van der Waals surface area contributed by atoms with Gasteiger partial charge in [0.15, 0.2) is 0 Å². The van der Waals surface area contributed by atoms with Gasteiger partial charge in [-0.1, -0.05) is 31.5 Å².